The van der Waals surface area contributed by atoms with Crippen molar-refractivity contribution in [3.05, 3.63) is 0 Å². The van der Waals surface area contributed by atoms with E-state index in [1.165, 1.54) is 12.8 Å². The predicted molar refractivity (Wildman–Crippen MR) is 70.1 cm³/mol. The van der Waals surface area contributed by atoms with Gasteiger partial charge in [-0.2, -0.15) is 0 Å². The minimum absolute atomic E-state index is 0.0842. The van der Waals surface area contributed by atoms with Crippen LogP contribution in [0.3, 0.4) is 0 Å². The SMILES string of the molecule is CCNC(=NCC1CC1)NC1CCC(O)CC1. The summed E-state index contributed by atoms with van der Waals surface area (Å²) in [7, 11) is 0. The monoisotopic (exact) mass is 239 g/mol. The maximum absolute atomic E-state index is 9.48. The third-order valence-electron chi connectivity index (χ3n) is 3.59. The molecule has 0 aromatic rings. The molecule has 3 N–H and O–H groups in total. The summed E-state index contributed by atoms with van der Waals surface area (Å²) >= 11 is 0. The van der Waals surface area contributed by atoms with Gasteiger partial charge in [-0.25, -0.2) is 0 Å². The summed E-state index contributed by atoms with van der Waals surface area (Å²) in [5.41, 5.74) is 0. The first kappa shape index (κ1) is 12.7. The highest BCUT2D eigenvalue weighted by atomic mass is 16.3. The summed E-state index contributed by atoms with van der Waals surface area (Å²) in [5.74, 6) is 1.79. The van der Waals surface area contributed by atoms with E-state index in [9.17, 15) is 5.11 Å². The van der Waals surface area contributed by atoms with Gasteiger partial charge in [0, 0.05) is 19.1 Å². The Kier molecular flexibility index (Phi) is 4.66. The average molecular weight is 239 g/mol. The van der Waals surface area contributed by atoms with Crippen molar-refractivity contribution in [2.45, 2.75) is 57.6 Å². The maximum Gasteiger partial charge on any atom is 0.191 e. The summed E-state index contributed by atoms with van der Waals surface area (Å²) in [4.78, 5) is 4.62. The highest BCUT2D eigenvalue weighted by Gasteiger charge is 2.22. The lowest BCUT2D eigenvalue weighted by Gasteiger charge is -2.27. The maximum atomic E-state index is 9.48. The van der Waals surface area contributed by atoms with E-state index in [4.69, 9.17) is 0 Å². The topological polar surface area (TPSA) is 56.7 Å². The molecule has 0 heterocycles. The summed E-state index contributed by atoms with van der Waals surface area (Å²) in [6.45, 7) is 3.97. The van der Waals surface area contributed by atoms with Crippen molar-refractivity contribution in [1.82, 2.24) is 10.6 Å². The van der Waals surface area contributed by atoms with Crippen molar-refractivity contribution < 1.29 is 5.11 Å². The molecule has 0 spiro atoms. The molecule has 2 saturated carbocycles. The molecule has 0 amide bonds. The van der Waals surface area contributed by atoms with Gasteiger partial charge in [-0.3, -0.25) is 4.99 Å². The lowest BCUT2D eigenvalue weighted by molar-refractivity contribution is 0.120. The molecule has 0 unspecified atom stereocenters. The summed E-state index contributed by atoms with van der Waals surface area (Å²) in [6.07, 6.45) is 6.54. The Morgan fingerprint density at radius 2 is 1.88 bits per heavy atom. The number of nitrogens with zero attached hydrogens (tertiary/aromatic N) is 1. The molecule has 0 aliphatic heterocycles. The standard InChI is InChI=1S/C13H25N3O/c1-2-14-13(15-9-10-3-4-10)16-11-5-7-12(17)8-6-11/h10-12,17H,2-9H2,1H3,(H2,14,15,16). The van der Waals surface area contributed by atoms with Gasteiger partial charge in [-0.15, -0.1) is 0 Å². The van der Waals surface area contributed by atoms with Crippen molar-refractivity contribution in [3.63, 3.8) is 0 Å². The van der Waals surface area contributed by atoms with Crippen molar-refractivity contribution >= 4 is 5.96 Å². The quantitative estimate of drug-likeness (QED) is 0.511. The van der Waals surface area contributed by atoms with E-state index < -0.39 is 0 Å². The van der Waals surface area contributed by atoms with Crippen molar-refractivity contribution in [2.75, 3.05) is 13.1 Å². The fourth-order valence-corrected chi connectivity index (χ4v) is 2.25. The van der Waals surface area contributed by atoms with E-state index >= 15 is 0 Å². The van der Waals surface area contributed by atoms with Crippen LogP contribution in [0.1, 0.15) is 45.4 Å². The first-order valence-electron chi connectivity index (χ1n) is 7.01. The lowest BCUT2D eigenvalue weighted by atomic mass is 9.93. The highest BCUT2D eigenvalue weighted by Crippen LogP contribution is 2.28. The van der Waals surface area contributed by atoms with E-state index in [1.807, 2.05) is 0 Å². The van der Waals surface area contributed by atoms with Crippen LogP contribution in [0.2, 0.25) is 0 Å². The molecular weight excluding hydrogens is 214 g/mol. The van der Waals surface area contributed by atoms with E-state index in [2.05, 4.69) is 22.5 Å². The number of guanidine groups is 1. The summed E-state index contributed by atoms with van der Waals surface area (Å²) in [6, 6.07) is 0.482. The van der Waals surface area contributed by atoms with Gasteiger partial charge in [0.1, 0.15) is 0 Å². The molecule has 4 heteroatoms. The van der Waals surface area contributed by atoms with Crippen LogP contribution in [0.25, 0.3) is 0 Å². The molecule has 0 atom stereocenters. The molecule has 0 aromatic carbocycles. The number of aliphatic imine (C=N–C) groups is 1. The van der Waals surface area contributed by atoms with E-state index in [0.29, 0.717) is 6.04 Å². The van der Waals surface area contributed by atoms with Crippen molar-refractivity contribution in [1.29, 1.82) is 0 Å². The van der Waals surface area contributed by atoms with Crippen LogP contribution in [-0.2, 0) is 0 Å². The number of hydrogen-bond acceptors (Lipinski definition) is 2. The van der Waals surface area contributed by atoms with Crippen LogP contribution in [0.15, 0.2) is 4.99 Å². The molecule has 2 aliphatic rings. The summed E-state index contributed by atoms with van der Waals surface area (Å²) in [5, 5.41) is 16.3. The number of aliphatic hydroxyl groups is 1. The first-order chi connectivity index (χ1) is 8.28. The first-order valence-corrected chi connectivity index (χ1v) is 7.01. The van der Waals surface area contributed by atoms with E-state index in [-0.39, 0.29) is 6.10 Å². The number of hydrogen-bond donors (Lipinski definition) is 3. The average Bonchev–Trinajstić information content (AvgIpc) is 3.13. The van der Waals surface area contributed by atoms with Gasteiger partial charge in [0.15, 0.2) is 5.96 Å². The Morgan fingerprint density at radius 3 is 2.47 bits per heavy atom. The van der Waals surface area contributed by atoms with Gasteiger partial charge in [-0.1, -0.05) is 0 Å². The Morgan fingerprint density at radius 1 is 1.18 bits per heavy atom. The lowest BCUT2D eigenvalue weighted by Crippen LogP contribution is -2.45. The molecule has 0 saturated heterocycles. The second-order valence-corrected chi connectivity index (χ2v) is 5.31. The fourth-order valence-electron chi connectivity index (χ4n) is 2.25. The zero-order valence-electron chi connectivity index (χ0n) is 10.8. The normalized spacial score (nSPS) is 30.1. The molecule has 0 radical (unpaired) electrons. The smallest absolute Gasteiger partial charge is 0.191 e. The van der Waals surface area contributed by atoms with Gasteiger partial charge in [0.2, 0.25) is 0 Å². The molecule has 0 bridgehead atoms. The third-order valence-corrected chi connectivity index (χ3v) is 3.59. The van der Waals surface area contributed by atoms with E-state index in [1.54, 1.807) is 0 Å². The summed E-state index contributed by atoms with van der Waals surface area (Å²) < 4.78 is 0. The molecule has 17 heavy (non-hydrogen) atoms. The number of nitrogens with one attached hydrogen (secondary N) is 2. The second kappa shape index (κ2) is 6.24. The second-order valence-electron chi connectivity index (χ2n) is 5.31. The Hall–Kier alpha value is -0.770. The highest BCUT2D eigenvalue weighted by molar-refractivity contribution is 5.80. The molecule has 4 nitrogen and oxygen atoms in total. The Balaban J connectivity index is 1.77. The molecular formula is C13H25N3O. The van der Waals surface area contributed by atoms with Gasteiger partial charge in [0.05, 0.1) is 6.10 Å². The van der Waals surface area contributed by atoms with Crippen LogP contribution >= 0.6 is 0 Å². The minimum atomic E-state index is -0.0842. The zero-order valence-corrected chi connectivity index (χ0v) is 10.8. The van der Waals surface area contributed by atoms with Gasteiger partial charge >= 0.3 is 0 Å². The van der Waals surface area contributed by atoms with Crippen molar-refractivity contribution in [3.8, 4) is 0 Å². The van der Waals surface area contributed by atoms with E-state index in [0.717, 1.165) is 50.7 Å². The van der Waals surface area contributed by atoms with Gasteiger partial charge in [-0.05, 0) is 51.4 Å². The molecule has 2 aliphatic carbocycles. The van der Waals surface area contributed by atoms with Crippen molar-refractivity contribution in [2.24, 2.45) is 10.9 Å². The van der Waals surface area contributed by atoms with Crippen LogP contribution in [0, 0.1) is 5.92 Å². The molecule has 98 valence electrons. The largest absolute Gasteiger partial charge is 0.393 e. The Labute approximate surface area is 104 Å². The van der Waals surface area contributed by atoms with Crippen LogP contribution in [0.4, 0.5) is 0 Å². The fraction of sp³-hybridized carbons (Fsp3) is 0.923. The third kappa shape index (κ3) is 4.54. The molecule has 2 fully saturated rings. The van der Waals surface area contributed by atoms with Gasteiger partial charge < -0.3 is 15.7 Å². The van der Waals surface area contributed by atoms with Crippen LogP contribution in [0.5, 0.6) is 0 Å². The minimum Gasteiger partial charge on any atom is -0.393 e. The molecule has 2 rings (SSSR count). The van der Waals surface area contributed by atoms with Crippen LogP contribution in [-0.4, -0.2) is 36.3 Å². The Bertz CT molecular complexity index is 255. The zero-order chi connectivity index (χ0) is 12.1. The predicted octanol–water partition coefficient (Wildman–Crippen LogP) is 1.25. The number of rotatable bonds is 4. The molecule has 0 aromatic heterocycles. The van der Waals surface area contributed by atoms with Crippen LogP contribution < -0.4 is 10.6 Å². The number of aliphatic hydroxyl groups excluding tert-OH is 1. The van der Waals surface area contributed by atoms with Gasteiger partial charge in [0.25, 0.3) is 0 Å².